The zero-order valence-corrected chi connectivity index (χ0v) is 11.7. The molecule has 0 spiro atoms. The lowest BCUT2D eigenvalue weighted by molar-refractivity contribution is -0.130. The number of urea groups is 1. The van der Waals surface area contributed by atoms with Crippen molar-refractivity contribution in [1.29, 1.82) is 0 Å². The summed E-state index contributed by atoms with van der Waals surface area (Å²) in [5.41, 5.74) is 0. The van der Waals surface area contributed by atoms with Crippen molar-refractivity contribution in [3.8, 4) is 0 Å². The van der Waals surface area contributed by atoms with Crippen molar-refractivity contribution in [1.82, 2.24) is 20.0 Å². The van der Waals surface area contributed by atoms with Crippen LogP contribution in [0.25, 0.3) is 0 Å². The first-order chi connectivity index (χ1) is 9.74. The van der Waals surface area contributed by atoms with E-state index < -0.39 is 0 Å². The normalized spacial score (nSPS) is 27.6. The number of morpholine rings is 1. The number of amides is 3. The van der Waals surface area contributed by atoms with E-state index in [0.29, 0.717) is 32.7 Å². The molecule has 1 atom stereocenters. The van der Waals surface area contributed by atoms with Crippen molar-refractivity contribution in [3.05, 3.63) is 0 Å². The molecule has 0 aliphatic carbocycles. The molecular formula is C13H22N4O3. The van der Waals surface area contributed by atoms with Gasteiger partial charge in [-0.05, 0) is 6.42 Å². The summed E-state index contributed by atoms with van der Waals surface area (Å²) in [5.74, 6) is 0.239. The van der Waals surface area contributed by atoms with Gasteiger partial charge in [-0.25, -0.2) is 4.79 Å². The Bertz CT molecular complexity index is 384. The Kier molecular flexibility index (Phi) is 4.07. The summed E-state index contributed by atoms with van der Waals surface area (Å²) in [5, 5.41) is 2.97. The van der Waals surface area contributed by atoms with Gasteiger partial charge in [-0.3, -0.25) is 9.69 Å². The lowest BCUT2D eigenvalue weighted by atomic mass is 10.2. The highest BCUT2D eigenvalue weighted by molar-refractivity contribution is 5.80. The molecule has 3 heterocycles. The fourth-order valence-electron chi connectivity index (χ4n) is 3.10. The van der Waals surface area contributed by atoms with E-state index in [1.54, 1.807) is 0 Å². The van der Waals surface area contributed by atoms with Crippen molar-refractivity contribution >= 4 is 11.9 Å². The summed E-state index contributed by atoms with van der Waals surface area (Å²) in [6.45, 7) is 5.76. The summed E-state index contributed by atoms with van der Waals surface area (Å²) in [4.78, 5) is 29.7. The van der Waals surface area contributed by atoms with E-state index in [4.69, 9.17) is 4.74 Å². The maximum absolute atomic E-state index is 12.2. The van der Waals surface area contributed by atoms with Gasteiger partial charge in [0.25, 0.3) is 0 Å². The number of fused-ring (bicyclic) bond motifs is 1. The third-order valence-corrected chi connectivity index (χ3v) is 4.34. The molecule has 3 aliphatic rings. The van der Waals surface area contributed by atoms with Gasteiger partial charge in [0.05, 0.1) is 19.9 Å². The van der Waals surface area contributed by atoms with Gasteiger partial charge in [0, 0.05) is 45.2 Å². The molecule has 0 aromatic carbocycles. The Labute approximate surface area is 118 Å². The minimum atomic E-state index is -0.0181. The molecule has 0 saturated carbocycles. The van der Waals surface area contributed by atoms with Gasteiger partial charge >= 0.3 is 6.03 Å². The van der Waals surface area contributed by atoms with Gasteiger partial charge < -0.3 is 19.9 Å². The standard InChI is InChI=1S/C13H22N4O3/c18-12-2-1-11-9-16(3-4-17(11)12)13(19)14-10-15-5-7-20-8-6-15/h11H,1-10H2,(H,14,19). The molecule has 3 aliphatic heterocycles. The van der Waals surface area contributed by atoms with Crippen molar-refractivity contribution < 1.29 is 14.3 Å². The molecule has 1 N–H and O–H groups in total. The first-order valence-electron chi connectivity index (χ1n) is 7.36. The smallest absolute Gasteiger partial charge is 0.318 e. The van der Waals surface area contributed by atoms with Crippen LogP contribution in [-0.4, -0.2) is 85.3 Å². The van der Waals surface area contributed by atoms with Crippen molar-refractivity contribution in [2.45, 2.75) is 18.9 Å². The molecular weight excluding hydrogens is 260 g/mol. The van der Waals surface area contributed by atoms with Crippen molar-refractivity contribution in [2.75, 3.05) is 52.6 Å². The quantitative estimate of drug-likeness (QED) is 0.727. The fraction of sp³-hybridized carbons (Fsp3) is 0.846. The van der Waals surface area contributed by atoms with Crippen molar-refractivity contribution in [2.24, 2.45) is 0 Å². The van der Waals surface area contributed by atoms with Gasteiger partial charge in [0.1, 0.15) is 0 Å². The van der Waals surface area contributed by atoms with Crippen molar-refractivity contribution in [3.63, 3.8) is 0 Å². The number of hydrogen-bond donors (Lipinski definition) is 1. The Morgan fingerprint density at radius 3 is 2.85 bits per heavy atom. The summed E-state index contributed by atoms with van der Waals surface area (Å²) < 4.78 is 5.28. The minimum Gasteiger partial charge on any atom is -0.379 e. The number of rotatable bonds is 2. The molecule has 0 aromatic heterocycles. The molecule has 112 valence electrons. The zero-order valence-electron chi connectivity index (χ0n) is 11.7. The number of piperazine rings is 1. The van der Waals surface area contributed by atoms with Crippen LogP contribution in [0.1, 0.15) is 12.8 Å². The van der Waals surface area contributed by atoms with E-state index >= 15 is 0 Å². The Morgan fingerprint density at radius 2 is 2.05 bits per heavy atom. The summed E-state index contributed by atoms with van der Waals surface area (Å²) in [7, 11) is 0. The molecule has 0 bridgehead atoms. The lowest BCUT2D eigenvalue weighted by Crippen LogP contribution is -2.56. The SMILES string of the molecule is O=C(NCN1CCOCC1)N1CCN2C(=O)CCC2C1. The molecule has 3 rings (SSSR count). The minimum absolute atomic E-state index is 0.0181. The molecule has 7 heteroatoms. The number of carbonyl (C=O) groups is 2. The molecule has 0 aromatic rings. The van der Waals surface area contributed by atoms with E-state index in [1.165, 1.54) is 0 Å². The molecule has 0 radical (unpaired) electrons. The van der Waals surface area contributed by atoms with E-state index in [2.05, 4.69) is 10.2 Å². The molecule has 1 unspecified atom stereocenters. The fourth-order valence-corrected chi connectivity index (χ4v) is 3.10. The van der Waals surface area contributed by atoms with Crippen LogP contribution in [0.3, 0.4) is 0 Å². The maximum Gasteiger partial charge on any atom is 0.318 e. The average Bonchev–Trinajstić information content (AvgIpc) is 2.87. The third-order valence-electron chi connectivity index (χ3n) is 4.34. The predicted molar refractivity (Wildman–Crippen MR) is 72.1 cm³/mol. The van der Waals surface area contributed by atoms with E-state index in [9.17, 15) is 9.59 Å². The zero-order chi connectivity index (χ0) is 13.9. The molecule has 3 fully saturated rings. The van der Waals surface area contributed by atoms with Gasteiger partial charge in [0.2, 0.25) is 5.91 Å². The highest BCUT2D eigenvalue weighted by atomic mass is 16.5. The Hall–Kier alpha value is -1.34. The molecule has 3 saturated heterocycles. The van der Waals surface area contributed by atoms with Crippen LogP contribution in [0.5, 0.6) is 0 Å². The monoisotopic (exact) mass is 282 g/mol. The predicted octanol–water partition coefficient (Wildman–Crippen LogP) is -0.708. The summed E-state index contributed by atoms with van der Waals surface area (Å²) >= 11 is 0. The van der Waals surface area contributed by atoms with Crippen LogP contribution in [0, 0.1) is 0 Å². The second-order valence-electron chi connectivity index (χ2n) is 5.60. The first-order valence-corrected chi connectivity index (χ1v) is 7.36. The van der Waals surface area contributed by atoms with Gasteiger partial charge in [0.15, 0.2) is 0 Å². The third kappa shape index (κ3) is 2.88. The lowest BCUT2D eigenvalue weighted by Gasteiger charge is -2.38. The van der Waals surface area contributed by atoms with Crippen LogP contribution in [-0.2, 0) is 9.53 Å². The number of nitrogens with one attached hydrogen (secondary N) is 1. The van der Waals surface area contributed by atoms with Crippen LogP contribution in [0.15, 0.2) is 0 Å². The average molecular weight is 282 g/mol. The summed E-state index contributed by atoms with van der Waals surface area (Å²) in [6, 6.07) is 0.209. The van der Waals surface area contributed by atoms with Crippen LogP contribution >= 0.6 is 0 Å². The van der Waals surface area contributed by atoms with Gasteiger partial charge in [-0.1, -0.05) is 0 Å². The van der Waals surface area contributed by atoms with E-state index in [-0.39, 0.29) is 18.0 Å². The highest BCUT2D eigenvalue weighted by Crippen LogP contribution is 2.22. The number of ether oxygens (including phenoxy) is 1. The number of hydrogen-bond acceptors (Lipinski definition) is 4. The van der Waals surface area contributed by atoms with E-state index in [0.717, 1.165) is 32.7 Å². The number of nitrogens with zero attached hydrogens (tertiary/aromatic N) is 3. The van der Waals surface area contributed by atoms with Crippen LogP contribution < -0.4 is 5.32 Å². The van der Waals surface area contributed by atoms with Gasteiger partial charge in [-0.15, -0.1) is 0 Å². The first kappa shape index (κ1) is 13.6. The maximum atomic E-state index is 12.2. The topological polar surface area (TPSA) is 65.1 Å². The number of carbonyl (C=O) groups excluding carboxylic acids is 2. The highest BCUT2D eigenvalue weighted by Gasteiger charge is 2.36. The van der Waals surface area contributed by atoms with Crippen LogP contribution in [0.2, 0.25) is 0 Å². The largest absolute Gasteiger partial charge is 0.379 e. The second-order valence-corrected chi connectivity index (χ2v) is 5.60. The van der Waals surface area contributed by atoms with E-state index in [1.807, 2.05) is 9.80 Å². The molecule has 20 heavy (non-hydrogen) atoms. The summed E-state index contributed by atoms with van der Waals surface area (Å²) in [6.07, 6.45) is 1.51. The van der Waals surface area contributed by atoms with Crippen LogP contribution in [0.4, 0.5) is 4.79 Å². The second kappa shape index (κ2) is 5.97. The Morgan fingerprint density at radius 1 is 1.25 bits per heavy atom. The Balaban J connectivity index is 1.44. The molecule has 3 amide bonds. The molecule has 7 nitrogen and oxygen atoms in total. The van der Waals surface area contributed by atoms with Gasteiger partial charge in [-0.2, -0.15) is 0 Å².